The Bertz CT molecular complexity index is 1770. The molecule has 0 bridgehead atoms. The highest BCUT2D eigenvalue weighted by Crippen LogP contribution is 2.30. The van der Waals surface area contributed by atoms with Crippen LogP contribution in [0.3, 0.4) is 0 Å². The topological polar surface area (TPSA) is 114 Å². The summed E-state index contributed by atoms with van der Waals surface area (Å²) in [6, 6.07) is 28.8. The van der Waals surface area contributed by atoms with Crippen LogP contribution in [-0.2, 0) is 40.1 Å². The van der Waals surface area contributed by atoms with Gasteiger partial charge in [-0.3, -0.25) is 9.69 Å². The van der Waals surface area contributed by atoms with Crippen molar-refractivity contribution in [2.24, 2.45) is 0 Å². The molecule has 1 heterocycles. The highest BCUT2D eigenvalue weighted by molar-refractivity contribution is 5.90. The van der Waals surface area contributed by atoms with Gasteiger partial charge in [0.25, 0.3) is 0 Å². The number of para-hydroxylation sites is 1. The Morgan fingerprint density at radius 3 is 2.22 bits per heavy atom. The van der Waals surface area contributed by atoms with E-state index in [1.165, 1.54) is 4.90 Å². The third-order valence-electron chi connectivity index (χ3n) is 8.39. The van der Waals surface area contributed by atoms with E-state index in [0.29, 0.717) is 12.2 Å². The molecule has 9 nitrogen and oxygen atoms in total. The number of amides is 2. The van der Waals surface area contributed by atoms with Crippen molar-refractivity contribution in [3.63, 3.8) is 0 Å². The first-order valence-electron chi connectivity index (χ1n) is 16.5. The zero-order chi connectivity index (χ0) is 35.1. The SMILES string of the molecule is COc1ccccc1CC(C)Oc1ccc2c(c1)CN(C(=O)OC(C)(C)C)[C@H](C(=O)N[C@@H](Cc1ccc(-c3ccccc3)cc1)C(=O)O)C2. The molecule has 0 spiro atoms. The van der Waals surface area contributed by atoms with Crippen LogP contribution in [0.15, 0.2) is 97.1 Å². The molecule has 1 unspecified atom stereocenters. The molecule has 49 heavy (non-hydrogen) atoms. The minimum Gasteiger partial charge on any atom is -0.496 e. The van der Waals surface area contributed by atoms with Crippen LogP contribution in [0.25, 0.3) is 11.1 Å². The van der Waals surface area contributed by atoms with Gasteiger partial charge >= 0.3 is 12.1 Å². The largest absolute Gasteiger partial charge is 0.496 e. The summed E-state index contributed by atoms with van der Waals surface area (Å²) in [7, 11) is 1.64. The maximum absolute atomic E-state index is 13.8. The normalized spacial score (nSPS) is 15.4. The predicted octanol–water partition coefficient (Wildman–Crippen LogP) is 6.85. The molecule has 1 aliphatic heterocycles. The third kappa shape index (κ3) is 9.19. The van der Waals surface area contributed by atoms with Crippen molar-refractivity contribution >= 4 is 18.0 Å². The lowest BCUT2D eigenvalue weighted by atomic mass is 9.93. The van der Waals surface area contributed by atoms with Crippen molar-refractivity contribution in [2.75, 3.05) is 7.11 Å². The number of nitrogens with one attached hydrogen (secondary N) is 1. The first-order valence-corrected chi connectivity index (χ1v) is 16.5. The molecule has 0 aromatic heterocycles. The summed E-state index contributed by atoms with van der Waals surface area (Å²) in [5.41, 5.74) is 4.75. The molecule has 3 atom stereocenters. The van der Waals surface area contributed by atoms with Crippen molar-refractivity contribution in [1.29, 1.82) is 0 Å². The summed E-state index contributed by atoms with van der Waals surface area (Å²) < 4.78 is 17.5. The van der Waals surface area contributed by atoms with Gasteiger partial charge in [0.2, 0.25) is 5.91 Å². The number of hydrogen-bond donors (Lipinski definition) is 2. The fourth-order valence-corrected chi connectivity index (χ4v) is 6.00. The lowest BCUT2D eigenvalue weighted by Crippen LogP contribution is -2.56. The lowest BCUT2D eigenvalue weighted by Gasteiger charge is -2.37. The molecule has 0 saturated carbocycles. The fraction of sp³-hybridized carbons (Fsp3) is 0.325. The Morgan fingerprint density at radius 2 is 1.55 bits per heavy atom. The van der Waals surface area contributed by atoms with Crippen LogP contribution < -0.4 is 14.8 Å². The van der Waals surface area contributed by atoms with Gasteiger partial charge in [-0.25, -0.2) is 9.59 Å². The Morgan fingerprint density at radius 1 is 0.878 bits per heavy atom. The second-order valence-electron chi connectivity index (χ2n) is 13.4. The van der Waals surface area contributed by atoms with Gasteiger partial charge in [-0.2, -0.15) is 0 Å². The zero-order valence-electron chi connectivity index (χ0n) is 28.6. The number of fused-ring (bicyclic) bond motifs is 1. The molecule has 256 valence electrons. The van der Waals surface area contributed by atoms with Gasteiger partial charge < -0.3 is 24.6 Å². The molecule has 0 aliphatic carbocycles. The van der Waals surface area contributed by atoms with Crippen LogP contribution in [0.2, 0.25) is 0 Å². The molecule has 0 radical (unpaired) electrons. The van der Waals surface area contributed by atoms with Crippen molar-refractivity contribution in [3.05, 3.63) is 119 Å². The van der Waals surface area contributed by atoms with E-state index in [2.05, 4.69) is 5.32 Å². The van der Waals surface area contributed by atoms with E-state index in [9.17, 15) is 19.5 Å². The Hall–Kier alpha value is -5.31. The van der Waals surface area contributed by atoms with Crippen LogP contribution in [0.4, 0.5) is 4.79 Å². The quantitative estimate of drug-likeness (QED) is 0.180. The van der Waals surface area contributed by atoms with E-state index in [4.69, 9.17) is 14.2 Å². The average molecular weight is 665 g/mol. The highest BCUT2D eigenvalue weighted by Gasteiger charge is 2.38. The number of methoxy groups -OCH3 is 1. The number of carbonyl (C=O) groups excluding carboxylic acids is 2. The van der Waals surface area contributed by atoms with Crippen LogP contribution in [-0.4, -0.2) is 58.9 Å². The van der Waals surface area contributed by atoms with Crippen LogP contribution in [0.5, 0.6) is 11.5 Å². The van der Waals surface area contributed by atoms with Gasteiger partial charge in [-0.1, -0.05) is 78.9 Å². The highest BCUT2D eigenvalue weighted by atomic mass is 16.6. The van der Waals surface area contributed by atoms with Crippen LogP contribution in [0.1, 0.15) is 49.9 Å². The van der Waals surface area contributed by atoms with Gasteiger partial charge in [0.1, 0.15) is 35.3 Å². The molecular weight excluding hydrogens is 620 g/mol. The fourth-order valence-electron chi connectivity index (χ4n) is 6.00. The molecule has 1 aliphatic rings. The van der Waals surface area contributed by atoms with Gasteiger partial charge in [0.05, 0.1) is 13.7 Å². The van der Waals surface area contributed by atoms with Gasteiger partial charge in [0, 0.05) is 19.3 Å². The molecule has 9 heteroatoms. The first-order chi connectivity index (χ1) is 23.4. The molecular formula is C40H44N2O7. The molecule has 4 aromatic carbocycles. The molecule has 5 rings (SSSR count). The van der Waals surface area contributed by atoms with E-state index in [0.717, 1.165) is 39.1 Å². The molecule has 0 fully saturated rings. The van der Waals surface area contributed by atoms with E-state index in [-0.39, 0.29) is 25.5 Å². The number of rotatable bonds is 11. The van der Waals surface area contributed by atoms with Gasteiger partial charge in [-0.05, 0) is 79.3 Å². The minimum atomic E-state index is -1.20. The number of carbonyl (C=O) groups is 3. The van der Waals surface area contributed by atoms with E-state index < -0.39 is 35.7 Å². The smallest absolute Gasteiger partial charge is 0.411 e. The van der Waals surface area contributed by atoms with Crippen molar-refractivity contribution in [1.82, 2.24) is 10.2 Å². The van der Waals surface area contributed by atoms with E-state index in [1.54, 1.807) is 27.9 Å². The first kappa shape index (κ1) is 35.0. The third-order valence-corrected chi connectivity index (χ3v) is 8.39. The Balaban J connectivity index is 1.32. The summed E-state index contributed by atoms with van der Waals surface area (Å²) in [6.07, 6.45) is 0.0864. The molecule has 2 amide bonds. The molecule has 2 N–H and O–H groups in total. The van der Waals surface area contributed by atoms with Crippen LogP contribution >= 0.6 is 0 Å². The molecule has 0 saturated heterocycles. The van der Waals surface area contributed by atoms with Crippen molar-refractivity contribution in [3.8, 4) is 22.6 Å². The van der Waals surface area contributed by atoms with Gasteiger partial charge in [0.15, 0.2) is 0 Å². The lowest BCUT2D eigenvalue weighted by molar-refractivity contribution is -0.142. The van der Waals surface area contributed by atoms with E-state index >= 15 is 0 Å². The summed E-state index contributed by atoms with van der Waals surface area (Å²) >= 11 is 0. The van der Waals surface area contributed by atoms with E-state index in [1.807, 2.05) is 104 Å². The monoisotopic (exact) mass is 664 g/mol. The number of hydrogen-bond acceptors (Lipinski definition) is 6. The number of aliphatic carboxylic acids is 1. The average Bonchev–Trinajstić information content (AvgIpc) is 3.07. The molecule has 4 aromatic rings. The van der Waals surface area contributed by atoms with Crippen molar-refractivity contribution in [2.45, 2.75) is 77.3 Å². The minimum absolute atomic E-state index is 0.0830. The maximum atomic E-state index is 13.8. The number of carboxylic acid groups (broad SMARTS) is 1. The van der Waals surface area contributed by atoms with Crippen LogP contribution in [0, 0.1) is 0 Å². The van der Waals surface area contributed by atoms with Crippen molar-refractivity contribution < 1.29 is 33.7 Å². The number of nitrogens with zero attached hydrogens (tertiary/aromatic N) is 1. The summed E-state index contributed by atoms with van der Waals surface area (Å²) in [4.78, 5) is 41.0. The maximum Gasteiger partial charge on any atom is 0.411 e. The Kier molecular flexibility index (Phi) is 10.9. The van der Waals surface area contributed by atoms with Gasteiger partial charge in [-0.15, -0.1) is 0 Å². The number of ether oxygens (including phenoxy) is 3. The second-order valence-corrected chi connectivity index (χ2v) is 13.4. The zero-order valence-corrected chi connectivity index (χ0v) is 28.6. The number of carboxylic acids is 1. The predicted molar refractivity (Wildman–Crippen MR) is 188 cm³/mol. The second kappa shape index (κ2) is 15.3. The number of benzene rings is 4. The summed E-state index contributed by atoms with van der Waals surface area (Å²) in [5, 5.41) is 12.8. The summed E-state index contributed by atoms with van der Waals surface area (Å²) in [5.74, 6) is -0.288. The Labute approximate surface area is 287 Å². The summed E-state index contributed by atoms with van der Waals surface area (Å²) in [6.45, 7) is 7.36. The standard InChI is InChI=1S/C40H44N2O7/c1-26(21-31-13-9-10-14-36(31)47-5)48-33-20-19-30-24-35(42(25-32(30)23-33)39(46)49-40(2,3)4)37(43)41-34(38(44)45)22-27-15-17-29(18-16-27)28-11-7-6-8-12-28/h6-20,23,26,34-35H,21-22,24-25H2,1-5H3,(H,41,43)(H,44,45)/t26?,34-,35-/m0/s1.